The van der Waals surface area contributed by atoms with Gasteiger partial charge in [0.05, 0.1) is 28.8 Å². The lowest BCUT2D eigenvalue weighted by atomic mass is 10.0. The van der Waals surface area contributed by atoms with E-state index in [0.717, 1.165) is 34.2 Å². The molecule has 0 saturated carbocycles. The predicted octanol–water partition coefficient (Wildman–Crippen LogP) is 5.16. The molecule has 4 aromatic carbocycles. The Balaban J connectivity index is 1.47. The monoisotopic (exact) mass is 592 g/mol. The molecule has 4 aromatic rings. The van der Waals surface area contributed by atoms with Crippen LogP contribution in [0.4, 0.5) is 11.4 Å². The third-order valence-corrected chi connectivity index (χ3v) is 8.96. The zero-order chi connectivity index (χ0) is 29.3. The average molecular weight is 593 g/mol. The lowest BCUT2D eigenvalue weighted by Crippen LogP contribution is -2.39. The number of nitrogens with zero attached hydrogens (tertiary/aromatic N) is 3. The van der Waals surface area contributed by atoms with Gasteiger partial charge in [-0.05, 0) is 65.9 Å². The van der Waals surface area contributed by atoms with Crippen molar-refractivity contribution in [2.45, 2.75) is 24.7 Å². The van der Waals surface area contributed by atoms with Crippen LogP contribution in [0.15, 0.2) is 76.7 Å². The molecule has 10 nitrogen and oxygen atoms in total. The van der Waals surface area contributed by atoms with Crippen molar-refractivity contribution in [3.05, 3.63) is 104 Å². The van der Waals surface area contributed by atoms with Crippen LogP contribution in [0.5, 0.6) is 5.75 Å². The van der Waals surface area contributed by atoms with Gasteiger partial charge in [-0.25, -0.2) is 13.8 Å². The number of nitro benzene ring substituents is 1. The van der Waals surface area contributed by atoms with Gasteiger partial charge in [0.15, 0.2) is 0 Å². The molecule has 0 saturated heterocycles. The molecule has 0 bridgehead atoms. The molecular formula is C29H25ClN4O6S. The summed E-state index contributed by atoms with van der Waals surface area (Å²) in [6, 6.07) is 17.9. The SMILES string of the molecule is COc1ccc(Cl)cc1N(CC(=O)N/N=C\c1ccc2c3c(cccc13)CC2)S(=O)(=O)c1ccc(C)c([N+](=O)[O-])c1. The number of ether oxygens (including phenoxy) is 1. The standard InChI is InChI=1S/C29H25ClN4O6S/c1-18-6-12-23(15-25(18)34(36)37)41(38,39)33(26-14-22(30)11-13-27(26)40-2)17-28(35)32-31-16-21-10-9-20-8-7-19-4-3-5-24(21)29(19)20/h3-6,9-16H,7-8,17H2,1-2H3,(H,32,35)/b31-16-. The zero-order valence-electron chi connectivity index (χ0n) is 22.1. The third kappa shape index (κ3) is 5.46. The summed E-state index contributed by atoms with van der Waals surface area (Å²) in [6.45, 7) is 0.793. The van der Waals surface area contributed by atoms with E-state index in [1.54, 1.807) is 0 Å². The fraction of sp³-hybridized carbons (Fsp3) is 0.172. The summed E-state index contributed by atoms with van der Waals surface area (Å²) in [4.78, 5) is 23.5. The van der Waals surface area contributed by atoms with Crippen LogP contribution in [0.3, 0.4) is 0 Å². The molecule has 1 N–H and O–H groups in total. The van der Waals surface area contributed by atoms with Crippen molar-refractivity contribution in [1.29, 1.82) is 0 Å². The summed E-state index contributed by atoms with van der Waals surface area (Å²) in [6.07, 6.45) is 3.47. The highest BCUT2D eigenvalue weighted by atomic mass is 35.5. The Bertz CT molecular complexity index is 1830. The lowest BCUT2D eigenvalue weighted by molar-refractivity contribution is -0.385. The number of benzene rings is 4. The number of halogens is 1. The number of carbonyl (C=O) groups excluding carboxylic acids is 1. The summed E-state index contributed by atoms with van der Waals surface area (Å²) in [5, 5.41) is 18.0. The number of nitro groups is 1. The minimum absolute atomic E-state index is 0.0186. The second-order valence-corrected chi connectivity index (χ2v) is 11.8. The highest BCUT2D eigenvalue weighted by molar-refractivity contribution is 7.92. The highest BCUT2D eigenvalue weighted by Gasteiger charge is 2.31. The van der Waals surface area contributed by atoms with E-state index in [0.29, 0.717) is 0 Å². The number of hydrogen-bond donors (Lipinski definition) is 1. The Kier molecular flexibility index (Phi) is 7.65. The average Bonchev–Trinajstić information content (AvgIpc) is 3.37. The number of sulfonamides is 1. The highest BCUT2D eigenvalue weighted by Crippen LogP contribution is 2.36. The number of methoxy groups -OCH3 is 1. The molecule has 1 aliphatic carbocycles. The number of carbonyl (C=O) groups is 1. The summed E-state index contributed by atoms with van der Waals surface area (Å²) in [5.74, 6) is -0.622. The fourth-order valence-corrected chi connectivity index (χ4v) is 6.56. The van der Waals surface area contributed by atoms with Crippen molar-refractivity contribution in [2.24, 2.45) is 5.10 Å². The van der Waals surface area contributed by atoms with Crippen LogP contribution in [0.1, 0.15) is 22.3 Å². The molecule has 12 heteroatoms. The molecular weight excluding hydrogens is 568 g/mol. The number of aryl methyl sites for hydroxylation is 3. The van der Waals surface area contributed by atoms with Crippen molar-refractivity contribution >= 4 is 55.9 Å². The molecule has 210 valence electrons. The smallest absolute Gasteiger partial charge is 0.273 e. The van der Waals surface area contributed by atoms with Crippen LogP contribution in [0, 0.1) is 17.0 Å². The molecule has 1 amide bonds. The summed E-state index contributed by atoms with van der Waals surface area (Å²) in [5.41, 5.74) is 5.64. The Hall–Kier alpha value is -4.48. The van der Waals surface area contributed by atoms with Crippen molar-refractivity contribution in [2.75, 3.05) is 18.0 Å². The topological polar surface area (TPSA) is 131 Å². The molecule has 0 radical (unpaired) electrons. The predicted molar refractivity (Wildman–Crippen MR) is 157 cm³/mol. The third-order valence-electron chi connectivity index (χ3n) is 6.97. The van der Waals surface area contributed by atoms with Crippen molar-refractivity contribution < 1.29 is 22.9 Å². The van der Waals surface area contributed by atoms with E-state index in [1.165, 1.54) is 67.1 Å². The van der Waals surface area contributed by atoms with Gasteiger partial charge in [0.1, 0.15) is 12.3 Å². The summed E-state index contributed by atoms with van der Waals surface area (Å²) >= 11 is 6.17. The molecule has 0 fully saturated rings. The van der Waals surface area contributed by atoms with E-state index >= 15 is 0 Å². The van der Waals surface area contributed by atoms with E-state index in [4.69, 9.17) is 16.3 Å². The molecule has 0 atom stereocenters. The van der Waals surface area contributed by atoms with Crippen molar-refractivity contribution in [3.8, 4) is 5.75 Å². The molecule has 0 aromatic heterocycles. The van der Waals surface area contributed by atoms with Gasteiger partial charge in [-0.15, -0.1) is 0 Å². The molecule has 1 aliphatic rings. The molecule has 41 heavy (non-hydrogen) atoms. The van der Waals surface area contributed by atoms with Crippen molar-refractivity contribution in [1.82, 2.24) is 5.43 Å². The second-order valence-electron chi connectivity index (χ2n) is 9.48. The molecule has 5 rings (SSSR count). The molecule has 0 heterocycles. The summed E-state index contributed by atoms with van der Waals surface area (Å²) in [7, 11) is -3.16. The Morgan fingerprint density at radius 2 is 1.88 bits per heavy atom. The van der Waals surface area contributed by atoms with Gasteiger partial charge in [0.2, 0.25) is 0 Å². The number of amides is 1. The molecule has 0 aliphatic heterocycles. The minimum atomic E-state index is -4.50. The van der Waals surface area contributed by atoms with E-state index in [-0.39, 0.29) is 32.6 Å². The number of hydrogen-bond acceptors (Lipinski definition) is 7. The number of anilines is 1. The number of hydrazone groups is 1. The number of rotatable bonds is 9. The second kappa shape index (κ2) is 11.2. The first kappa shape index (κ1) is 28.1. The number of nitrogens with one attached hydrogen (secondary N) is 1. The van der Waals surface area contributed by atoms with Gasteiger partial charge in [0, 0.05) is 22.2 Å². The molecule has 0 spiro atoms. The first-order valence-electron chi connectivity index (χ1n) is 12.6. The van der Waals surface area contributed by atoms with Gasteiger partial charge in [-0.2, -0.15) is 5.10 Å². The normalized spacial score (nSPS) is 12.6. The molecule has 0 unspecified atom stereocenters. The van der Waals surface area contributed by atoms with Crippen LogP contribution in [-0.2, 0) is 27.7 Å². The summed E-state index contributed by atoms with van der Waals surface area (Å²) < 4.78 is 33.8. The van der Waals surface area contributed by atoms with Crippen LogP contribution < -0.4 is 14.5 Å². The fourth-order valence-electron chi connectivity index (χ4n) is 4.95. The lowest BCUT2D eigenvalue weighted by Gasteiger charge is -2.25. The van der Waals surface area contributed by atoms with Gasteiger partial charge >= 0.3 is 0 Å². The maximum absolute atomic E-state index is 13.8. The largest absolute Gasteiger partial charge is 0.495 e. The Morgan fingerprint density at radius 3 is 2.61 bits per heavy atom. The van der Waals surface area contributed by atoms with Crippen LogP contribution in [-0.4, -0.2) is 39.1 Å². The Morgan fingerprint density at radius 1 is 1.12 bits per heavy atom. The van der Waals surface area contributed by atoms with Crippen LogP contribution in [0.25, 0.3) is 10.8 Å². The van der Waals surface area contributed by atoms with Crippen molar-refractivity contribution in [3.63, 3.8) is 0 Å². The van der Waals surface area contributed by atoms with E-state index in [2.05, 4.69) is 16.6 Å². The van der Waals surface area contributed by atoms with E-state index < -0.39 is 27.4 Å². The van der Waals surface area contributed by atoms with Crippen LogP contribution in [0.2, 0.25) is 5.02 Å². The minimum Gasteiger partial charge on any atom is -0.495 e. The first-order valence-corrected chi connectivity index (χ1v) is 14.4. The van der Waals surface area contributed by atoms with Gasteiger partial charge in [-0.1, -0.05) is 48.0 Å². The first-order chi connectivity index (χ1) is 19.6. The van der Waals surface area contributed by atoms with E-state index in [1.807, 2.05) is 24.3 Å². The quantitative estimate of drug-likeness (QED) is 0.162. The van der Waals surface area contributed by atoms with E-state index in [9.17, 15) is 23.3 Å². The van der Waals surface area contributed by atoms with Gasteiger partial charge in [0.25, 0.3) is 21.6 Å². The van der Waals surface area contributed by atoms with Crippen LogP contribution >= 0.6 is 11.6 Å². The van der Waals surface area contributed by atoms with Gasteiger partial charge in [-0.3, -0.25) is 19.2 Å². The maximum atomic E-state index is 13.8. The zero-order valence-corrected chi connectivity index (χ0v) is 23.7. The maximum Gasteiger partial charge on any atom is 0.273 e. The Labute approximate surface area is 241 Å². The van der Waals surface area contributed by atoms with Gasteiger partial charge < -0.3 is 4.74 Å².